The molecule has 6 rings (SSSR count). The zero-order chi connectivity index (χ0) is 28.3. The van der Waals surface area contributed by atoms with E-state index in [1.54, 1.807) is 0 Å². The zero-order valence-electron chi connectivity index (χ0n) is 25.1. The summed E-state index contributed by atoms with van der Waals surface area (Å²) in [5, 5.41) is 0. The van der Waals surface area contributed by atoms with Gasteiger partial charge >= 0.3 is 0 Å². The van der Waals surface area contributed by atoms with Gasteiger partial charge in [-0.3, -0.25) is 0 Å². The molecule has 0 radical (unpaired) electrons. The second-order valence-electron chi connectivity index (χ2n) is 11.5. The first kappa shape index (κ1) is 27.4. The molecule has 0 saturated heterocycles. The largest absolute Gasteiger partial charge is 0.463 e. The molecule has 1 heterocycles. The summed E-state index contributed by atoms with van der Waals surface area (Å²) in [7, 11) is 0. The molecule has 0 atom stereocenters. The van der Waals surface area contributed by atoms with Gasteiger partial charge < -0.3 is 4.42 Å². The number of fused-ring (bicyclic) bond motifs is 3. The molecule has 0 spiro atoms. The van der Waals surface area contributed by atoms with Gasteiger partial charge in [0.15, 0.2) is 0 Å². The van der Waals surface area contributed by atoms with Crippen molar-refractivity contribution in [1.82, 2.24) is 0 Å². The van der Waals surface area contributed by atoms with Gasteiger partial charge in [-0.2, -0.15) is 0 Å². The van der Waals surface area contributed by atoms with Crippen molar-refractivity contribution in [1.29, 1.82) is 0 Å². The summed E-state index contributed by atoms with van der Waals surface area (Å²) in [4.78, 5) is 11.2. The van der Waals surface area contributed by atoms with Gasteiger partial charge in [0, 0.05) is 16.7 Å². The summed E-state index contributed by atoms with van der Waals surface area (Å²) in [5.74, 6) is 1.44. The molecule has 3 aromatic carbocycles. The summed E-state index contributed by atoms with van der Waals surface area (Å²) >= 11 is 0. The fraction of sp³-hybridized carbons (Fsp3) is 0.368. The lowest BCUT2D eigenvalue weighted by Gasteiger charge is -2.26. The number of furan rings is 1. The van der Waals surface area contributed by atoms with Gasteiger partial charge in [-0.25, -0.2) is 9.98 Å². The lowest BCUT2D eigenvalue weighted by molar-refractivity contribution is 0.439. The number of nitrogens with zero attached hydrogens (tertiary/aromatic N) is 2. The minimum Gasteiger partial charge on any atom is -0.463 e. The highest BCUT2D eigenvalue weighted by molar-refractivity contribution is 6.57. The molecule has 0 bridgehead atoms. The molecule has 0 aliphatic heterocycles. The molecule has 3 heteroatoms. The van der Waals surface area contributed by atoms with Gasteiger partial charge in [-0.05, 0) is 66.7 Å². The first-order chi connectivity index (χ1) is 20.2. The topological polar surface area (TPSA) is 37.9 Å². The smallest absolute Gasteiger partial charge is 0.144 e. The average Bonchev–Trinajstić information content (AvgIpc) is 3.48. The van der Waals surface area contributed by atoms with Crippen LogP contribution in [0, 0.1) is 0 Å². The maximum atomic E-state index is 6.50. The lowest BCUT2D eigenvalue weighted by atomic mass is 9.78. The summed E-state index contributed by atoms with van der Waals surface area (Å²) in [6, 6.07) is 21.9. The molecule has 2 aliphatic rings. The van der Waals surface area contributed by atoms with Crippen LogP contribution in [0.25, 0.3) is 11.3 Å². The molecule has 1 aromatic heterocycles. The van der Waals surface area contributed by atoms with Gasteiger partial charge in [0.1, 0.15) is 11.5 Å². The Hall–Kier alpha value is -3.72. The highest BCUT2D eigenvalue weighted by Crippen LogP contribution is 2.45. The number of rotatable bonds is 7. The number of aryl methyl sites for hydroxylation is 4. The van der Waals surface area contributed by atoms with E-state index in [9.17, 15) is 0 Å². The normalized spacial score (nSPS) is 17.2. The Morgan fingerprint density at radius 2 is 1.12 bits per heavy atom. The standard InChI is InChI=1S/C38H42N2O/c1-5-25-18-14-19-26(6-2)34(25)39-36-30-22-12-13-23-31(30)38-33(32(24-41-38)29-16-10-9-11-17-29)37(36)40-35-27(7-3)20-15-21-28(35)8-4/h12-15,18-24,29H,5-11,16-17H2,1-4H3/b39-36+,40-37+. The first-order valence-electron chi connectivity index (χ1n) is 15.8. The van der Waals surface area contributed by atoms with Crippen LogP contribution in [0.1, 0.15) is 105 Å². The van der Waals surface area contributed by atoms with Crippen molar-refractivity contribution in [2.75, 3.05) is 0 Å². The number of para-hydroxylation sites is 2. The van der Waals surface area contributed by atoms with Gasteiger partial charge in [0.2, 0.25) is 0 Å². The highest BCUT2D eigenvalue weighted by Gasteiger charge is 2.35. The quantitative estimate of drug-likeness (QED) is 0.229. The van der Waals surface area contributed by atoms with Crippen molar-refractivity contribution in [2.24, 2.45) is 9.98 Å². The molecule has 41 heavy (non-hydrogen) atoms. The Kier molecular flexibility index (Phi) is 8.05. The molecule has 1 saturated carbocycles. The van der Waals surface area contributed by atoms with E-state index in [-0.39, 0.29) is 0 Å². The number of aliphatic imine (C=N–C) groups is 2. The van der Waals surface area contributed by atoms with Crippen LogP contribution in [0.4, 0.5) is 11.4 Å². The van der Waals surface area contributed by atoms with Gasteiger partial charge in [-0.1, -0.05) is 108 Å². The maximum absolute atomic E-state index is 6.50. The molecule has 0 amide bonds. The van der Waals surface area contributed by atoms with Crippen LogP contribution in [0.15, 0.2) is 81.3 Å². The van der Waals surface area contributed by atoms with Crippen LogP contribution in [-0.4, -0.2) is 11.4 Å². The second-order valence-corrected chi connectivity index (χ2v) is 11.5. The average molecular weight is 543 g/mol. The van der Waals surface area contributed by atoms with Gasteiger partial charge in [0.05, 0.1) is 28.9 Å². The number of hydrogen-bond donors (Lipinski definition) is 0. The van der Waals surface area contributed by atoms with E-state index in [1.165, 1.54) is 59.9 Å². The summed E-state index contributed by atoms with van der Waals surface area (Å²) in [6.07, 6.45) is 12.1. The second kappa shape index (κ2) is 12.0. The van der Waals surface area contributed by atoms with E-state index in [2.05, 4.69) is 88.4 Å². The molecule has 0 unspecified atom stereocenters. The Balaban J connectivity index is 1.70. The summed E-state index contributed by atoms with van der Waals surface area (Å²) < 4.78 is 6.50. The lowest BCUT2D eigenvalue weighted by Crippen LogP contribution is -2.24. The fourth-order valence-electron chi connectivity index (χ4n) is 6.82. The third kappa shape index (κ3) is 5.01. The van der Waals surface area contributed by atoms with E-state index >= 15 is 0 Å². The van der Waals surface area contributed by atoms with Crippen LogP contribution in [0.3, 0.4) is 0 Å². The van der Waals surface area contributed by atoms with Crippen molar-refractivity contribution in [2.45, 2.75) is 91.4 Å². The number of benzene rings is 3. The van der Waals surface area contributed by atoms with E-state index in [4.69, 9.17) is 14.4 Å². The zero-order valence-corrected chi connectivity index (χ0v) is 25.1. The first-order valence-corrected chi connectivity index (χ1v) is 15.8. The summed E-state index contributed by atoms with van der Waals surface area (Å²) in [6.45, 7) is 8.90. The van der Waals surface area contributed by atoms with E-state index in [0.29, 0.717) is 5.92 Å². The molecular formula is C38H42N2O. The van der Waals surface area contributed by atoms with E-state index < -0.39 is 0 Å². The molecule has 210 valence electrons. The molecular weight excluding hydrogens is 500 g/mol. The van der Waals surface area contributed by atoms with E-state index in [0.717, 1.165) is 70.9 Å². The molecule has 1 fully saturated rings. The third-order valence-corrected chi connectivity index (χ3v) is 9.13. The Morgan fingerprint density at radius 3 is 1.66 bits per heavy atom. The highest BCUT2D eigenvalue weighted by atomic mass is 16.3. The predicted molar refractivity (Wildman–Crippen MR) is 173 cm³/mol. The van der Waals surface area contributed by atoms with Crippen molar-refractivity contribution in [3.05, 3.63) is 106 Å². The minimum atomic E-state index is 0.495. The molecule has 0 N–H and O–H groups in total. The Bertz CT molecular complexity index is 1570. The minimum absolute atomic E-state index is 0.495. The third-order valence-electron chi connectivity index (χ3n) is 9.13. The Labute approximate surface area is 245 Å². The van der Waals surface area contributed by atoms with Crippen molar-refractivity contribution >= 4 is 22.8 Å². The predicted octanol–water partition coefficient (Wildman–Crippen LogP) is 10.5. The summed E-state index contributed by atoms with van der Waals surface area (Å²) in [5.41, 5.74) is 13.9. The van der Waals surface area contributed by atoms with Gasteiger partial charge in [0.25, 0.3) is 0 Å². The van der Waals surface area contributed by atoms with Crippen molar-refractivity contribution in [3.8, 4) is 11.3 Å². The van der Waals surface area contributed by atoms with E-state index in [1.807, 2.05) is 6.26 Å². The van der Waals surface area contributed by atoms with Crippen molar-refractivity contribution < 1.29 is 4.42 Å². The van der Waals surface area contributed by atoms with Crippen LogP contribution in [0.5, 0.6) is 0 Å². The molecule has 4 aromatic rings. The Morgan fingerprint density at radius 1 is 0.610 bits per heavy atom. The molecule has 2 aliphatic carbocycles. The maximum Gasteiger partial charge on any atom is 0.144 e. The van der Waals surface area contributed by atoms with Crippen LogP contribution in [0.2, 0.25) is 0 Å². The van der Waals surface area contributed by atoms with Crippen molar-refractivity contribution in [3.63, 3.8) is 0 Å². The van der Waals surface area contributed by atoms with Crippen LogP contribution in [-0.2, 0) is 25.7 Å². The fourth-order valence-corrected chi connectivity index (χ4v) is 6.82. The van der Waals surface area contributed by atoms with Crippen LogP contribution < -0.4 is 0 Å². The SMILES string of the molecule is CCc1cccc(CC)c1/N=C1/C(=N/c2c(CC)cccc2CC)c2c(C3CCCCC3)coc2-c2ccccc21. The van der Waals surface area contributed by atoms with Gasteiger partial charge in [-0.15, -0.1) is 0 Å². The number of hydrogen-bond acceptors (Lipinski definition) is 3. The molecule has 3 nitrogen and oxygen atoms in total. The monoisotopic (exact) mass is 542 g/mol. The van der Waals surface area contributed by atoms with Crippen LogP contribution >= 0.6 is 0 Å².